The first kappa shape index (κ1) is 23.4. The highest BCUT2D eigenvalue weighted by atomic mass is 35.5. The quantitative estimate of drug-likeness (QED) is 0.372. The number of urea groups is 1. The van der Waals surface area contributed by atoms with E-state index in [4.69, 9.17) is 32.7 Å². The van der Waals surface area contributed by atoms with Crippen molar-refractivity contribution >= 4 is 52.8 Å². The van der Waals surface area contributed by atoms with E-state index in [0.717, 1.165) is 4.90 Å². The van der Waals surface area contributed by atoms with Gasteiger partial charge in [0.15, 0.2) is 0 Å². The molecule has 0 saturated carbocycles. The van der Waals surface area contributed by atoms with Gasteiger partial charge in [-0.3, -0.25) is 14.9 Å². The van der Waals surface area contributed by atoms with Crippen LogP contribution in [0.4, 0.5) is 10.5 Å². The Kier molecular flexibility index (Phi) is 6.86. The molecule has 0 unspecified atom stereocenters. The number of ether oxygens (including phenoxy) is 2. The van der Waals surface area contributed by atoms with E-state index in [1.165, 1.54) is 13.2 Å². The van der Waals surface area contributed by atoms with Crippen molar-refractivity contribution < 1.29 is 23.9 Å². The first-order chi connectivity index (χ1) is 16.4. The Labute approximate surface area is 205 Å². The van der Waals surface area contributed by atoms with Gasteiger partial charge in [0.1, 0.15) is 23.7 Å². The zero-order valence-electron chi connectivity index (χ0n) is 17.9. The minimum Gasteiger partial charge on any atom is -0.497 e. The molecule has 0 aromatic heterocycles. The predicted octanol–water partition coefficient (Wildman–Crippen LogP) is 5.25. The maximum atomic E-state index is 13.1. The Hall–Kier alpha value is -3.81. The van der Waals surface area contributed by atoms with Crippen molar-refractivity contribution in [3.8, 4) is 11.5 Å². The molecule has 0 bridgehead atoms. The highest BCUT2D eigenvalue weighted by Crippen LogP contribution is 2.30. The molecular weight excluding hydrogens is 479 g/mol. The molecule has 0 spiro atoms. The summed E-state index contributed by atoms with van der Waals surface area (Å²) in [5.41, 5.74) is 1.25. The summed E-state index contributed by atoms with van der Waals surface area (Å²) >= 11 is 12.2. The molecule has 9 heteroatoms. The van der Waals surface area contributed by atoms with Gasteiger partial charge < -0.3 is 9.47 Å². The number of methoxy groups -OCH3 is 1. The van der Waals surface area contributed by atoms with Gasteiger partial charge in [-0.1, -0.05) is 47.5 Å². The average molecular weight is 497 g/mol. The van der Waals surface area contributed by atoms with Gasteiger partial charge >= 0.3 is 6.03 Å². The smallest absolute Gasteiger partial charge is 0.335 e. The summed E-state index contributed by atoms with van der Waals surface area (Å²) < 4.78 is 11.2. The van der Waals surface area contributed by atoms with Crippen LogP contribution in [0.3, 0.4) is 0 Å². The normalized spacial score (nSPS) is 14.9. The van der Waals surface area contributed by atoms with Gasteiger partial charge in [0.05, 0.1) is 12.8 Å². The van der Waals surface area contributed by atoms with Crippen LogP contribution < -0.4 is 19.7 Å². The molecular formula is C25H18Cl2N2O5. The standard InChI is InChI=1S/C25H18Cl2N2O5/c1-33-19-10-8-15(22(13-19)34-14-16-7-9-17(26)12-21(16)27)11-20-23(30)28-25(32)29(24(20)31)18-5-3-2-4-6-18/h2-13H,14H2,1H3,(H,28,30,32)/b20-11+. The number of hydrogen-bond acceptors (Lipinski definition) is 5. The number of halogens is 2. The largest absolute Gasteiger partial charge is 0.497 e. The molecule has 1 saturated heterocycles. The van der Waals surface area contributed by atoms with E-state index < -0.39 is 17.8 Å². The first-order valence-corrected chi connectivity index (χ1v) is 10.8. The molecule has 3 aromatic rings. The lowest BCUT2D eigenvalue weighted by atomic mass is 10.1. The molecule has 4 amide bonds. The molecule has 172 valence electrons. The lowest BCUT2D eigenvalue weighted by Gasteiger charge is -2.26. The van der Waals surface area contributed by atoms with Crippen LogP contribution in [0.5, 0.6) is 11.5 Å². The van der Waals surface area contributed by atoms with Crippen LogP contribution in [-0.2, 0) is 16.2 Å². The van der Waals surface area contributed by atoms with E-state index in [0.29, 0.717) is 38.4 Å². The molecule has 1 N–H and O–H groups in total. The summed E-state index contributed by atoms with van der Waals surface area (Å²) in [6.45, 7) is 0.105. The molecule has 1 fully saturated rings. The SMILES string of the molecule is COc1ccc(/C=C2\C(=O)NC(=O)N(c3ccccc3)C2=O)c(OCc2ccc(Cl)cc2Cl)c1. The number of carbonyl (C=O) groups is 3. The summed E-state index contributed by atoms with van der Waals surface area (Å²) in [5.74, 6) is -0.686. The lowest BCUT2D eigenvalue weighted by Crippen LogP contribution is -2.54. The molecule has 0 aliphatic carbocycles. The van der Waals surface area contributed by atoms with Gasteiger partial charge in [0.25, 0.3) is 11.8 Å². The summed E-state index contributed by atoms with van der Waals surface area (Å²) in [4.78, 5) is 38.9. The first-order valence-electron chi connectivity index (χ1n) is 10.1. The van der Waals surface area contributed by atoms with Crippen molar-refractivity contribution in [1.82, 2.24) is 5.32 Å². The van der Waals surface area contributed by atoms with E-state index in [2.05, 4.69) is 5.32 Å². The number of carbonyl (C=O) groups excluding carboxylic acids is 3. The molecule has 1 heterocycles. The fourth-order valence-corrected chi connectivity index (χ4v) is 3.77. The van der Waals surface area contributed by atoms with Crippen molar-refractivity contribution in [3.63, 3.8) is 0 Å². The second kappa shape index (κ2) is 9.99. The predicted molar refractivity (Wildman–Crippen MR) is 129 cm³/mol. The Balaban J connectivity index is 1.68. The fraction of sp³-hybridized carbons (Fsp3) is 0.0800. The zero-order chi connectivity index (χ0) is 24.2. The third kappa shape index (κ3) is 4.90. The van der Waals surface area contributed by atoms with Crippen molar-refractivity contribution in [2.45, 2.75) is 6.61 Å². The number of para-hydroxylation sites is 1. The lowest BCUT2D eigenvalue weighted by molar-refractivity contribution is -0.122. The van der Waals surface area contributed by atoms with Crippen molar-refractivity contribution in [3.05, 3.63) is 93.5 Å². The second-order valence-electron chi connectivity index (χ2n) is 7.22. The van der Waals surface area contributed by atoms with Gasteiger partial charge in [-0.15, -0.1) is 0 Å². The van der Waals surface area contributed by atoms with Crippen LogP contribution in [0.1, 0.15) is 11.1 Å². The van der Waals surface area contributed by atoms with Gasteiger partial charge in [0.2, 0.25) is 0 Å². The Morgan fingerprint density at radius 2 is 1.74 bits per heavy atom. The van der Waals surface area contributed by atoms with Crippen LogP contribution in [0, 0.1) is 0 Å². The average Bonchev–Trinajstić information content (AvgIpc) is 2.82. The second-order valence-corrected chi connectivity index (χ2v) is 8.07. The fourth-order valence-electron chi connectivity index (χ4n) is 3.30. The molecule has 0 atom stereocenters. The number of amides is 4. The van der Waals surface area contributed by atoms with Crippen molar-refractivity contribution in [2.75, 3.05) is 12.0 Å². The number of anilines is 1. The Morgan fingerprint density at radius 1 is 0.971 bits per heavy atom. The third-order valence-electron chi connectivity index (χ3n) is 5.03. The molecule has 4 rings (SSSR count). The minimum absolute atomic E-state index is 0.105. The van der Waals surface area contributed by atoms with E-state index in [9.17, 15) is 14.4 Å². The van der Waals surface area contributed by atoms with Gasteiger partial charge in [0, 0.05) is 27.2 Å². The zero-order valence-corrected chi connectivity index (χ0v) is 19.4. The van der Waals surface area contributed by atoms with E-state index >= 15 is 0 Å². The van der Waals surface area contributed by atoms with Gasteiger partial charge in [-0.25, -0.2) is 9.69 Å². The molecule has 34 heavy (non-hydrogen) atoms. The number of barbiturate groups is 1. The Morgan fingerprint density at radius 3 is 2.44 bits per heavy atom. The van der Waals surface area contributed by atoms with E-state index in [-0.39, 0.29) is 12.2 Å². The number of imide groups is 2. The number of benzene rings is 3. The number of nitrogens with one attached hydrogen (secondary N) is 1. The number of rotatable bonds is 6. The minimum atomic E-state index is -0.818. The Bertz CT molecular complexity index is 1310. The van der Waals surface area contributed by atoms with Crippen LogP contribution in [-0.4, -0.2) is 25.0 Å². The number of nitrogens with zero attached hydrogens (tertiary/aromatic N) is 1. The van der Waals surface area contributed by atoms with Crippen LogP contribution in [0.2, 0.25) is 10.0 Å². The van der Waals surface area contributed by atoms with Crippen molar-refractivity contribution in [2.24, 2.45) is 0 Å². The summed E-state index contributed by atoms with van der Waals surface area (Å²) in [6, 6.07) is 17.5. The highest BCUT2D eigenvalue weighted by Gasteiger charge is 2.36. The van der Waals surface area contributed by atoms with E-state index in [1.54, 1.807) is 66.7 Å². The van der Waals surface area contributed by atoms with E-state index in [1.807, 2.05) is 0 Å². The van der Waals surface area contributed by atoms with Crippen LogP contribution >= 0.6 is 23.2 Å². The third-order valence-corrected chi connectivity index (χ3v) is 5.62. The maximum Gasteiger partial charge on any atom is 0.335 e. The monoisotopic (exact) mass is 496 g/mol. The van der Waals surface area contributed by atoms with Gasteiger partial charge in [-0.2, -0.15) is 0 Å². The summed E-state index contributed by atoms with van der Waals surface area (Å²) in [5, 5.41) is 3.14. The van der Waals surface area contributed by atoms with Gasteiger partial charge in [-0.05, 0) is 42.5 Å². The summed E-state index contributed by atoms with van der Waals surface area (Å²) in [7, 11) is 1.51. The topological polar surface area (TPSA) is 84.9 Å². The highest BCUT2D eigenvalue weighted by molar-refractivity contribution is 6.39. The maximum absolute atomic E-state index is 13.1. The van der Waals surface area contributed by atoms with Crippen LogP contribution in [0.15, 0.2) is 72.3 Å². The molecule has 1 aliphatic rings. The molecule has 3 aromatic carbocycles. The summed E-state index contributed by atoms with van der Waals surface area (Å²) in [6.07, 6.45) is 1.37. The van der Waals surface area contributed by atoms with Crippen molar-refractivity contribution in [1.29, 1.82) is 0 Å². The van der Waals surface area contributed by atoms with Crippen LogP contribution in [0.25, 0.3) is 6.08 Å². The molecule has 1 aliphatic heterocycles. The number of hydrogen-bond donors (Lipinski definition) is 1. The molecule has 7 nitrogen and oxygen atoms in total. The molecule has 0 radical (unpaired) electrons.